The number of alkyl halides is 3. The van der Waals surface area contributed by atoms with Gasteiger partial charge in [0.15, 0.2) is 5.82 Å². The largest absolute Gasteiger partial charge is 0.573 e. The number of benzene rings is 2. The molecular formula is C19H10ClF5N4O3S. The van der Waals surface area contributed by atoms with E-state index in [0.717, 1.165) is 18.2 Å². The van der Waals surface area contributed by atoms with Gasteiger partial charge in [0.25, 0.3) is 10.0 Å². The number of nitrogens with two attached hydrogens (primary N) is 1. The monoisotopic (exact) mass is 504 g/mol. The van der Waals surface area contributed by atoms with Crippen molar-refractivity contribution in [3.8, 4) is 17.6 Å². The number of ether oxygens (including phenoxy) is 1. The van der Waals surface area contributed by atoms with Gasteiger partial charge in [-0.05, 0) is 30.3 Å². The van der Waals surface area contributed by atoms with Crippen LogP contribution in [-0.4, -0.2) is 24.7 Å². The number of nitrogens with zero attached hydrogens (tertiary/aromatic N) is 2. The SMILES string of the molecule is Nc1ncc(C#Cc2c(F)ccc(NS(=O)(=O)c3cc(Cl)ccc3OC(F)(F)F)c2F)cn1. The van der Waals surface area contributed by atoms with Gasteiger partial charge in [-0.15, -0.1) is 13.2 Å². The molecule has 1 aromatic heterocycles. The van der Waals surface area contributed by atoms with E-state index in [0.29, 0.717) is 12.1 Å². The van der Waals surface area contributed by atoms with Crippen LogP contribution in [0.4, 0.5) is 33.6 Å². The topological polar surface area (TPSA) is 107 Å². The molecule has 2 aromatic carbocycles. The standard InChI is InChI=1S/C19H10ClF5N4O3S/c20-11-2-6-15(32-19(23,24)25)16(7-11)33(30,31)29-14-5-4-13(21)12(17(14)22)3-1-10-8-27-18(26)28-9-10/h2,4-9,29H,(H2,26,27,28). The number of halogens is 6. The molecule has 0 saturated heterocycles. The van der Waals surface area contributed by atoms with Crippen LogP contribution < -0.4 is 15.2 Å². The predicted molar refractivity (Wildman–Crippen MR) is 108 cm³/mol. The summed E-state index contributed by atoms with van der Waals surface area (Å²) in [4.78, 5) is 6.29. The second-order valence-electron chi connectivity index (χ2n) is 6.11. The lowest BCUT2D eigenvalue weighted by molar-refractivity contribution is -0.275. The van der Waals surface area contributed by atoms with Crippen molar-refractivity contribution in [3.63, 3.8) is 0 Å². The molecule has 1 heterocycles. The number of anilines is 2. The summed E-state index contributed by atoms with van der Waals surface area (Å²) in [6.45, 7) is 0. The van der Waals surface area contributed by atoms with Gasteiger partial charge in [0, 0.05) is 17.4 Å². The molecular weight excluding hydrogens is 495 g/mol. The number of nitrogen functional groups attached to an aromatic ring is 1. The van der Waals surface area contributed by atoms with Gasteiger partial charge in [-0.3, -0.25) is 4.72 Å². The lowest BCUT2D eigenvalue weighted by Gasteiger charge is -2.15. The second kappa shape index (κ2) is 9.08. The summed E-state index contributed by atoms with van der Waals surface area (Å²) in [6, 6.07) is 3.77. The average Bonchev–Trinajstić information content (AvgIpc) is 2.71. The molecule has 33 heavy (non-hydrogen) atoms. The molecule has 0 unspecified atom stereocenters. The highest BCUT2D eigenvalue weighted by molar-refractivity contribution is 7.92. The van der Waals surface area contributed by atoms with E-state index in [4.69, 9.17) is 17.3 Å². The molecule has 0 aliphatic carbocycles. The Morgan fingerprint density at radius 2 is 1.73 bits per heavy atom. The lowest BCUT2D eigenvalue weighted by Crippen LogP contribution is -2.21. The number of hydrogen-bond donors (Lipinski definition) is 2. The molecule has 0 saturated carbocycles. The zero-order valence-corrected chi connectivity index (χ0v) is 17.5. The zero-order chi connectivity index (χ0) is 24.4. The first-order chi connectivity index (χ1) is 15.4. The molecule has 0 radical (unpaired) electrons. The van der Waals surface area contributed by atoms with Gasteiger partial charge >= 0.3 is 6.36 Å². The van der Waals surface area contributed by atoms with E-state index >= 15 is 0 Å². The third kappa shape index (κ3) is 5.99. The fraction of sp³-hybridized carbons (Fsp3) is 0.0526. The molecule has 7 nitrogen and oxygen atoms in total. The van der Waals surface area contributed by atoms with Crippen LogP contribution in [-0.2, 0) is 10.0 Å². The first-order valence-electron chi connectivity index (χ1n) is 8.51. The molecule has 0 bridgehead atoms. The molecule has 0 aliphatic heterocycles. The fourth-order valence-corrected chi connectivity index (χ4v) is 3.83. The molecule has 0 atom stereocenters. The zero-order valence-electron chi connectivity index (χ0n) is 15.9. The van der Waals surface area contributed by atoms with Crippen LogP contribution in [0.1, 0.15) is 11.1 Å². The Bertz CT molecular complexity index is 1370. The van der Waals surface area contributed by atoms with Crippen LogP contribution in [0.15, 0.2) is 47.6 Å². The van der Waals surface area contributed by atoms with E-state index in [1.54, 1.807) is 4.72 Å². The van der Waals surface area contributed by atoms with Gasteiger partial charge in [-0.25, -0.2) is 27.2 Å². The highest BCUT2D eigenvalue weighted by atomic mass is 35.5. The van der Waals surface area contributed by atoms with E-state index in [9.17, 15) is 30.4 Å². The Balaban J connectivity index is 2.00. The van der Waals surface area contributed by atoms with Crippen LogP contribution in [0.5, 0.6) is 5.75 Å². The summed E-state index contributed by atoms with van der Waals surface area (Å²) in [5, 5.41) is -0.234. The average molecular weight is 505 g/mol. The van der Waals surface area contributed by atoms with Gasteiger partial charge in [0.1, 0.15) is 16.5 Å². The summed E-state index contributed by atoms with van der Waals surface area (Å²) < 4.78 is 97.7. The lowest BCUT2D eigenvalue weighted by atomic mass is 10.1. The normalized spacial score (nSPS) is 11.5. The van der Waals surface area contributed by atoms with Crippen LogP contribution in [0.3, 0.4) is 0 Å². The van der Waals surface area contributed by atoms with Gasteiger partial charge in [0.2, 0.25) is 5.95 Å². The van der Waals surface area contributed by atoms with Crippen molar-refractivity contribution < 1.29 is 35.1 Å². The van der Waals surface area contributed by atoms with Crippen LogP contribution in [0.2, 0.25) is 5.02 Å². The maximum absolute atomic E-state index is 14.8. The fourth-order valence-electron chi connectivity index (χ4n) is 2.38. The first kappa shape index (κ1) is 24.0. The van der Waals surface area contributed by atoms with Crippen LogP contribution in [0, 0.1) is 23.5 Å². The number of aromatic nitrogens is 2. The third-order valence-electron chi connectivity index (χ3n) is 3.76. The molecule has 3 N–H and O–H groups in total. The molecule has 14 heteroatoms. The van der Waals surface area contributed by atoms with Crippen molar-refractivity contribution in [1.29, 1.82) is 0 Å². The van der Waals surface area contributed by atoms with Crippen molar-refractivity contribution in [1.82, 2.24) is 9.97 Å². The predicted octanol–water partition coefficient (Wildman–Crippen LogP) is 4.09. The van der Waals surface area contributed by atoms with Gasteiger partial charge in [0.05, 0.1) is 16.8 Å². The molecule has 0 fully saturated rings. The summed E-state index contributed by atoms with van der Waals surface area (Å²) in [5.74, 6) is 0.874. The number of rotatable bonds is 4. The van der Waals surface area contributed by atoms with Gasteiger partial charge in [-0.2, -0.15) is 0 Å². The van der Waals surface area contributed by atoms with Crippen LogP contribution in [0.25, 0.3) is 0 Å². The Labute approximate surface area is 188 Å². The van der Waals surface area contributed by atoms with Crippen molar-refractivity contribution >= 4 is 33.3 Å². The van der Waals surface area contributed by atoms with Crippen molar-refractivity contribution in [2.24, 2.45) is 0 Å². The maximum atomic E-state index is 14.8. The summed E-state index contributed by atoms with van der Waals surface area (Å²) in [5.41, 5.74) is 3.88. The number of hydrogen-bond acceptors (Lipinski definition) is 6. The molecule has 0 spiro atoms. The molecule has 172 valence electrons. The Kier molecular flexibility index (Phi) is 6.61. The highest BCUT2D eigenvalue weighted by Crippen LogP contribution is 2.33. The molecule has 0 amide bonds. The van der Waals surface area contributed by atoms with E-state index < -0.39 is 49.9 Å². The quantitative estimate of drug-likeness (QED) is 0.409. The number of sulfonamides is 1. The van der Waals surface area contributed by atoms with Crippen molar-refractivity contribution in [2.45, 2.75) is 11.3 Å². The van der Waals surface area contributed by atoms with E-state index in [-0.39, 0.29) is 16.5 Å². The summed E-state index contributed by atoms with van der Waals surface area (Å²) in [6.07, 6.45) is -2.83. The van der Waals surface area contributed by atoms with Crippen molar-refractivity contribution in [2.75, 3.05) is 10.5 Å². The van der Waals surface area contributed by atoms with Crippen molar-refractivity contribution in [3.05, 3.63) is 70.5 Å². The van der Waals surface area contributed by atoms with E-state index in [2.05, 4.69) is 26.5 Å². The minimum absolute atomic E-state index is 0.0517. The first-order valence-corrected chi connectivity index (χ1v) is 10.4. The number of nitrogens with one attached hydrogen (secondary N) is 1. The van der Waals surface area contributed by atoms with Gasteiger partial charge in [-0.1, -0.05) is 23.4 Å². The Morgan fingerprint density at radius 1 is 1.06 bits per heavy atom. The molecule has 3 rings (SSSR count). The smallest absolute Gasteiger partial charge is 0.404 e. The summed E-state index contributed by atoms with van der Waals surface area (Å²) >= 11 is 5.69. The summed E-state index contributed by atoms with van der Waals surface area (Å²) in [7, 11) is -4.87. The minimum atomic E-state index is -5.21. The molecule has 3 aromatic rings. The van der Waals surface area contributed by atoms with E-state index in [1.807, 2.05) is 0 Å². The Hall–Kier alpha value is -3.63. The van der Waals surface area contributed by atoms with E-state index in [1.165, 1.54) is 12.4 Å². The maximum Gasteiger partial charge on any atom is 0.573 e. The highest BCUT2D eigenvalue weighted by Gasteiger charge is 2.34. The molecule has 0 aliphatic rings. The second-order valence-corrected chi connectivity index (χ2v) is 8.20. The Morgan fingerprint density at radius 3 is 2.36 bits per heavy atom. The van der Waals surface area contributed by atoms with Crippen LogP contribution >= 0.6 is 11.6 Å². The minimum Gasteiger partial charge on any atom is -0.404 e. The third-order valence-corrected chi connectivity index (χ3v) is 5.38. The van der Waals surface area contributed by atoms with Gasteiger partial charge < -0.3 is 10.5 Å².